The monoisotopic (exact) mass is 295 g/mol. The van der Waals surface area contributed by atoms with Crippen molar-refractivity contribution in [2.24, 2.45) is 0 Å². The number of benzene rings is 1. The van der Waals surface area contributed by atoms with Gasteiger partial charge in [0, 0.05) is 17.6 Å². The molecule has 1 aliphatic rings. The molecule has 0 radical (unpaired) electrons. The first-order valence-corrected chi connectivity index (χ1v) is 7.08. The van der Waals surface area contributed by atoms with Gasteiger partial charge in [0.05, 0.1) is 6.42 Å². The number of rotatable bonds is 2. The normalized spacial score (nSPS) is 16.6. The van der Waals surface area contributed by atoms with Crippen LogP contribution in [0.3, 0.4) is 0 Å². The highest BCUT2D eigenvalue weighted by atomic mass is 79.9. The molecule has 0 unspecified atom stereocenters. The zero-order valence-electron chi connectivity index (χ0n) is 9.99. The van der Waals surface area contributed by atoms with Crippen molar-refractivity contribution in [1.82, 2.24) is 4.90 Å². The topological polar surface area (TPSA) is 20.3 Å². The van der Waals surface area contributed by atoms with Gasteiger partial charge >= 0.3 is 0 Å². The standard InChI is InChI=1S/C14H18BrNO/c15-13-8-4-3-7-12(13)11-14(17)16-9-5-1-2-6-10-16/h3-4,7-8H,1-2,5-6,9-11H2. The van der Waals surface area contributed by atoms with Gasteiger partial charge in [0.25, 0.3) is 0 Å². The average Bonchev–Trinajstić information content (AvgIpc) is 2.61. The first kappa shape index (κ1) is 12.6. The van der Waals surface area contributed by atoms with Crippen LogP contribution in [0.1, 0.15) is 31.2 Å². The molecule has 1 heterocycles. The van der Waals surface area contributed by atoms with Crippen molar-refractivity contribution in [3.05, 3.63) is 34.3 Å². The van der Waals surface area contributed by atoms with Crippen LogP contribution in [-0.4, -0.2) is 23.9 Å². The van der Waals surface area contributed by atoms with Crippen molar-refractivity contribution in [1.29, 1.82) is 0 Å². The minimum absolute atomic E-state index is 0.263. The number of likely N-dealkylation sites (tertiary alicyclic amines) is 1. The molecular weight excluding hydrogens is 278 g/mol. The van der Waals surface area contributed by atoms with Gasteiger partial charge in [0.2, 0.25) is 5.91 Å². The van der Waals surface area contributed by atoms with E-state index in [0.717, 1.165) is 36.0 Å². The van der Waals surface area contributed by atoms with E-state index >= 15 is 0 Å². The Morgan fingerprint density at radius 2 is 1.76 bits per heavy atom. The first-order chi connectivity index (χ1) is 8.27. The summed E-state index contributed by atoms with van der Waals surface area (Å²) < 4.78 is 1.03. The summed E-state index contributed by atoms with van der Waals surface area (Å²) in [5, 5.41) is 0. The number of carbonyl (C=O) groups is 1. The molecule has 1 amide bonds. The van der Waals surface area contributed by atoms with Crippen molar-refractivity contribution < 1.29 is 4.79 Å². The Kier molecular flexibility index (Phi) is 4.60. The van der Waals surface area contributed by atoms with E-state index in [1.807, 2.05) is 29.2 Å². The van der Waals surface area contributed by atoms with E-state index in [2.05, 4.69) is 15.9 Å². The van der Waals surface area contributed by atoms with Gasteiger partial charge in [0.15, 0.2) is 0 Å². The molecule has 2 rings (SSSR count). The largest absolute Gasteiger partial charge is 0.342 e. The summed E-state index contributed by atoms with van der Waals surface area (Å²) in [4.78, 5) is 14.2. The van der Waals surface area contributed by atoms with Crippen LogP contribution in [0.5, 0.6) is 0 Å². The molecule has 0 spiro atoms. The molecule has 1 aliphatic heterocycles. The number of hydrogen-bond acceptors (Lipinski definition) is 1. The molecule has 92 valence electrons. The van der Waals surface area contributed by atoms with Crippen LogP contribution in [-0.2, 0) is 11.2 Å². The van der Waals surface area contributed by atoms with Crippen LogP contribution in [0.25, 0.3) is 0 Å². The molecule has 1 saturated heterocycles. The highest BCUT2D eigenvalue weighted by Gasteiger charge is 2.16. The summed E-state index contributed by atoms with van der Waals surface area (Å²) >= 11 is 3.49. The fourth-order valence-electron chi connectivity index (χ4n) is 2.24. The maximum absolute atomic E-state index is 12.2. The van der Waals surface area contributed by atoms with Crippen molar-refractivity contribution >= 4 is 21.8 Å². The van der Waals surface area contributed by atoms with E-state index in [0.29, 0.717) is 6.42 Å². The number of halogens is 1. The molecule has 17 heavy (non-hydrogen) atoms. The Morgan fingerprint density at radius 3 is 2.41 bits per heavy atom. The molecule has 0 aromatic heterocycles. The van der Waals surface area contributed by atoms with E-state index in [9.17, 15) is 4.79 Å². The molecule has 0 atom stereocenters. The highest BCUT2D eigenvalue weighted by molar-refractivity contribution is 9.10. The van der Waals surface area contributed by atoms with Gasteiger partial charge in [-0.2, -0.15) is 0 Å². The molecular formula is C14H18BrNO. The maximum Gasteiger partial charge on any atom is 0.227 e. The number of amides is 1. The smallest absolute Gasteiger partial charge is 0.227 e. The van der Waals surface area contributed by atoms with Gasteiger partial charge in [-0.25, -0.2) is 0 Å². The number of nitrogens with zero attached hydrogens (tertiary/aromatic N) is 1. The Hall–Kier alpha value is -0.830. The van der Waals surface area contributed by atoms with Gasteiger partial charge < -0.3 is 4.90 Å². The molecule has 0 N–H and O–H groups in total. The lowest BCUT2D eigenvalue weighted by Crippen LogP contribution is -2.33. The fraction of sp³-hybridized carbons (Fsp3) is 0.500. The predicted molar refractivity (Wildman–Crippen MR) is 72.9 cm³/mol. The Bertz CT molecular complexity index is 384. The average molecular weight is 296 g/mol. The van der Waals surface area contributed by atoms with Crippen molar-refractivity contribution in [3.8, 4) is 0 Å². The Balaban J connectivity index is 1.98. The third-order valence-electron chi connectivity index (χ3n) is 3.26. The van der Waals surface area contributed by atoms with Gasteiger partial charge in [-0.15, -0.1) is 0 Å². The molecule has 2 nitrogen and oxygen atoms in total. The summed E-state index contributed by atoms with van der Waals surface area (Å²) in [5.41, 5.74) is 1.08. The molecule has 0 saturated carbocycles. The van der Waals surface area contributed by atoms with Gasteiger partial charge in [0.1, 0.15) is 0 Å². The Labute approximate surface area is 111 Å². The summed E-state index contributed by atoms with van der Waals surface area (Å²) in [6, 6.07) is 7.96. The van der Waals surface area contributed by atoms with Gasteiger partial charge in [-0.05, 0) is 24.5 Å². The fourth-order valence-corrected chi connectivity index (χ4v) is 2.66. The third-order valence-corrected chi connectivity index (χ3v) is 4.03. The molecule has 1 aromatic carbocycles. The van der Waals surface area contributed by atoms with Crippen LogP contribution in [0, 0.1) is 0 Å². The highest BCUT2D eigenvalue weighted by Crippen LogP contribution is 2.18. The lowest BCUT2D eigenvalue weighted by Gasteiger charge is -2.20. The van der Waals surface area contributed by atoms with Crippen LogP contribution >= 0.6 is 15.9 Å². The summed E-state index contributed by atoms with van der Waals surface area (Å²) in [5.74, 6) is 0.263. The lowest BCUT2D eigenvalue weighted by atomic mass is 10.1. The minimum Gasteiger partial charge on any atom is -0.342 e. The van der Waals surface area contributed by atoms with Crippen LogP contribution in [0.2, 0.25) is 0 Å². The molecule has 1 fully saturated rings. The second-order valence-corrected chi connectivity index (χ2v) is 5.42. The second kappa shape index (κ2) is 6.20. The Morgan fingerprint density at radius 1 is 1.12 bits per heavy atom. The molecule has 1 aromatic rings. The summed E-state index contributed by atoms with van der Waals surface area (Å²) in [7, 11) is 0. The quantitative estimate of drug-likeness (QED) is 0.819. The molecule has 3 heteroatoms. The van der Waals surface area contributed by atoms with Gasteiger partial charge in [-0.1, -0.05) is 47.0 Å². The van der Waals surface area contributed by atoms with E-state index in [4.69, 9.17) is 0 Å². The zero-order chi connectivity index (χ0) is 12.1. The van der Waals surface area contributed by atoms with E-state index in [-0.39, 0.29) is 5.91 Å². The predicted octanol–water partition coefficient (Wildman–Crippen LogP) is 3.39. The first-order valence-electron chi connectivity index (χ1n) is 6.28. The van der Waals surface area contributed by atoms with Crippen molar-refractivity contribution in [2.75, 3.05) is 13.1 Å². The minimum atomic E-state index is 0.263. The summed E-state index contributed by atoms with van der Waals surface area (Å²) in [6.07, 6.45) is 5.35. The van der Waals surface area contributed by atoms with E-state index in [1.54, 1.807) is 0 Å². The van der Waals surface area contributed by atoms with Gasteiger partial charge in [-0.3, -0.25) is 4.79 Å². The third kappa shape index (κ3) is 3.56. The lowest BCUT2D eigenvalue weighted by molar-refractivity contribution is -0.130. The van der Waals surface area contributed by atoms with Crippen LogP contribution in [0.4, 0.5) is 0 Å². The molecule has 0 bridgehead atoms. The van der Waals surface area contributed by atoms with Crippen molar-refractivity contribution in [2.45, 2.75) is 32.1 Å². The van der Waals surface area contributed by atoms with Crippen LogP contribution < -0.4 is 0 Å². The van der Waals surface area contributed by atoms with Crippen molar-refractivity contribution in [3.63, 3.8) is 0 Å². The number of carbonyl (C=O) groups excluding carboxylic acids is 1. The molecule has 0 aliphatic carbocycles. The summed E-state index contributed by atoms with van der Waals surface area (Å²) in [6.45, 7) is 1.87. The van der Waals surface area contributed by atoms with E-state index < -0.39 is 0 Å². The second-order valence-electron chi connectivity index (χ2n) is 4.56. The van der Waals surface area contributed by atoms with E-state index in [1.165, 1.54) is 12.8 Å². The maximum atomic E-state index is 12.2. The van der Waals surface area contributed by atoms with Crippen LogP contribution in [0.15, 0.2) is 28.7 Å². The zero-order valence-corrected chi connectivity index (χ0v) is 11.6. The SMILES string of the molecule is O=C(Cc1ccccc1Br)N1CCCCCC1. The number of hydrogen-bond donors (Lipinski definition) is 0.